The van der Waals surface area contributed by atoms with Crippen LogP contribution < -0.4 is 11.1 Å². The van der Waals surface area contributed by atoms with Crippen LogP contribution in [-0.2, 0) is 32.3 Å². The second kappa shape index (κ2) is 14.5. The molecule has 0 aromatic heterocycles. The summed E-state index contributed by atoms with van der Waals surface area (Å²) in [7, 11) is 2.12. The van der Waals surface area contributed by atoms with Crippen LogP contribution in [-0.4, -0.2) is 109 Å². The Morgan fingerprint density at radius 3 is 2.45 bits per heavy atom. The molecule has 3 saturated heterocycles. The summed E-state index contributed by atoms with van der Waals surface area (Å²) in [6, 6.07) is 10.4. The first-order valence-corrected chi connectivity index (χ1v) is 17.8. The largest absolute Gasteiger partial charge is 0.436 e. The van der Waals surface area contributed by atoms with Crippen LogP contribution in [0.4, 0.5) is 29.3 Å². The summed E-state index contributed by atoms with van der Waals surface area (Å²) >= 11 is 3.14. The van der Waals surface area contributed by atoms with Crippen LogP contribution in [0.3, 0.4) is 0 Å². The van der Waals surface area contributed by atoms with Gasteiger partial charge in [0.05, 0.1) is 11.3 Å². The molecule has 4 aliphatic heterocycles. The van der Waals surface area contributed by atoms with E-state index in [1.165, 1.54) is 11.0 Å². The third-order valence-corrected chi connectivity index (χ3v) is 11.4. The number of hydrogen-bond acceptors (Lipinski definition) is 7. The third-order valence-electron chi connectivity index (χ3n) is 10.7. The molecule has 3 N–H and O–H groups in total. The first kappa shape index (κ1) is 35.5. The summed E-state index contributed by atoms with van der Waals surface area (Å²) in [5.41, 5.74) is 5.86. The molecule has 1 atom stereocenters. The molecule has 6 rings (SSSR count). The molecule has 10 nitrogen and oxygen atoms in total. The maximum absolute atomic E-state index is 14.1. The molecule has 2 aromatic rings. The molecule has 0 unspecified atom stereocenters. The van der Waals surface area contributed by atoms with E-state index in [4.69, 9.17) is 10.5 Å². The zero-order valence-corrected chi connectivity index (χ0v) is 29.3. The molecule has 14 heteroatoms. The second-order valence-corrected chi connectivity index (χ2v) is 14.8. The topological polar surface area (TPSA) is 111 Å². The van der Waals surface area contributed by atoms with E-state index in [-0.39, 0.29) is 22.4 Å². The Hall–Kier alpha value is -3.36. The highest BCUT2D eigenvalue weighted by Crippen LogP contribution is 2.45. The standard InChI is InChI=1S/C35H44BrF3N6O4/c1-42-11-4-12-43(18-17-42)24-7-13-44(14-8-24)32(47)29(21-23-19-26(35(37,38)39)31(40)27(36)20-23)49-33(48)45-15-9-34(10-16-45)22-30(46)41-28-6-3-2-5-25(28)34/h2-3,5-6,19-20,24,29H,4,7-18,21-22,40H2,1H3,(H,41,46)/t29-/m1/s1. The summed E-state index contributed by atoms with van der Waals surface area (Å²) in [5.74, 6) is -0.490. The highest BCUT2D eigenvalue weighted by molar-refractivity contribution is 9.10. The van der Waals surface area contributed by atoms with Crippen molar-refractivity contribution >= 4 is 45.2 Å². The molecule has 266 valence electrons. The number of nitrogens with two attached hydrogens (primary N) is 1. The number of fused-ring (bicyclic) bond motifs is 2. The first-order valence-electron chi connectivity index (χ1n) is 17.0. The molecule has 0 saturated carbocycles. The molecular formula is C35H44BrF3N6O4. The van der Waals surface area contributed by atoms with E-state index in [1.807, 2.05) is 24.3 Å². The Labute approximate surface area is 293 Å². The van der Waals surface area contributed by atoms with Crippen LogP contribution in [0.25, 0.3) is 0 Å². The minimum absolute atomic E-state index is 0.0527. The number of para-hydroxylation sites is 1. The number of rotatable bonds is 5. The number of alkyl halides is 3. The van der Waals surface area contributed by atoms with Crippen LogP contribution in [0, 0.1) is 0 Å². The number of carbonyl (C=O) groups is 3. The number of nitrogens with zero attached hydrogens (tertiary/aromatic N) is 4. The van der Waals surface area contributed by atoms with Crippen molar-refractivity contribution in [2.75, 3.05) is 70.5 Å². The number of amides is 3. The number of likely N-dealkylation sites (tertiary alicyclic amines) is 2. The Morgan fingerprint density at radius 1 is 1.02 bits per heavy atom. The summed E-state index contributed by atoms with van der Waals surface area (Å²) in [6.07, 6.45) is -2.97. The molecule has 1 spiro atoms. The molecule has 4 heterocycles. The number of piperidine rings is 2. The van der Waals surface area contributed by atoms with Crippen LogP contribution in [0.1, 0.15) is 55.2 Å². The predicted molar refractivity (Wildman–Crippen MR) is 183 cm³/mol. The number of anilines is 2. The minimum Gasteiger partial charge on any atom is -0.436 e. The lowest BCUT2D eigenvalue weighted by Gasteiger charge is -2.44. The van der Waals surface area contributed by atoms with E-state index in [9.17, 15) is 27.6 Å². The number of ether oxygens (including phenoxy) is 1. The summed E-state index contributed by atoms with van der Waals surface area (Å²) in [6.45, 7) is 5.57. The van der Waals surface area contributed by atoms with Gasteiger partial charge in [-0.2, -0.15) is 13.2 Å². The number of halogens is 4. The lowest BCUT2D eigenvalue weighted by atomic mass is 9.68. The number of hydrogen-bond donors (Lipinski definition) is 2. The second-order valence-electron chi connectivity index (χ2n) is 13.9. The quantitative estimate of drug-likeness (QED) is 0.410. The van der Waals surface area contributed by atoms with Gasteiger partial charge < -0.3 is 30.5 Å². The third kappa shape index (κ3) is 7.86. The zero-order chi connectivity index (χ0) is 34.9. The maximum Gasteiger partial charge on any atom is 0.418 e. The van der Waals surface area contributed by atoms with Crippen LogP contribution in [0.2, 0.25) is 0 Å². The Bertz CT molecular complexity index is 1560. The fraction of sp³-hybridized carbons (Fsp3) is 0.571. The van der Waals surface area contributed by atoms with Crippen molar-refractivity contribution in [1.82, 2.24) is 19.6 Å². The van der Waals surface area contributed by atoms with Gasteiger partial charge in [-0.05, 0) is 97.5 Å². The fourth-order valence-corrected chi connectivity index (χ4v) is 8.43. The first-order chi connectivity index (χ1) is 23.3. The normalized spacial score (nSPS) is 21.5. The van der Waals surface area contributed by atoms with Crippen molar-refractivity contribution < 1.29 is 32.3 Å². The van der Waals surface area contributed by atoms with Gasteiger partial charge >= 0.3 is 12.3 Å². The van der Waals surface area contributed by atoms with Gasteiger partial charge in [0.25, 0.3) is 5.91 Å². The van der Waals surface area contributed by atoms with Crippen molar-refractivity contribution in [3.8, 4) is 0 Å². The Kier molecular flexibility index (Phi) is 10.5. The van der Waals surface area contributed by atoms with Crippen molar-refractivity contribution in [1.29, 1.82) is 0 Å². The van der Waals surface area contributed by atoms with Crippen molar-refractivity contribution in [2.24, 2.45) is 0 Å². The number of carbonyl (C=O) groups excluding carboxylic acids is 3. The Balaban J connectivity index is 1.17. The highest BCUT2D eigenvalue weighted by atomic mass is 79.9. The molecule has 4 aliphatic rings. The van der Waals surface area contributed by atoms with E-state index in [1.54, 1.807) is 4.90 Å². The molecule has 0 bridgehead atoms. The number of nitrogens with one attached hydrogen (secondary N) is 1. The van der Waals surface area contributed by atoms with E-state index in [0.29, 0.717) is 51.5 Å². The van der Waals surface area contributed by atoms with Crippen LogP contribution in [0.15, 0.2) is 40.9 Å². The lowest BCUT2D eigenvalue weighted by Crippen LogP contribution is -2.52. The van der Waals surface area contributed by atoms with Crippen molar-refractivity contribution in [3.63, 3.8) is 0 Å². The van der Waals surface area contributed by atoms with Gasteiger partial charge in [0.2, 0.25) is 5.91 Å². The van der Waals surface area contributed by atoms with Crippen LogP contribution >= 0.6 is 15.9 Å². The molecule has 3 amide bonds. The summed E-state index contributed by atoms with van der Waals surface area (Å²) in [5, 5.41) is 2.93. The Morgan fingerprint density at radius 2 is 1.73 bits per heavy atom. The van der Waals surface area contributed by atoms with Gasteiger partial charge in [-0.25, -0.2) is 4.79 Å². The average molecular weight is 750 g/mol. The lowest BCUT2D eigenvalue weighted by molar-refractivity contribution is -0.142. The summed E-state index contributed by atoms with van der Waals surface area (Å²) < 4.78 is 47.5. The van der Waals surface area contributed by atoms with Gasteiger partial charge in [-0.1, -0.05) is 18.2 Å². The van der Waals surface area contributed by atoms with Crippen LogP contribution in [0.5, 0.6) is 0 Å². The molecule has 2 aromatic carbocycles. The molecule has 0 aliphatic carbocycles. The molecule has 49 heavy (non-hydrogen) atoms. The minimum atomic E-state index is -4.71. The monoisotopic (exact) mass is 748 g/mol. The number of benzene rings is 2. The highest BCUT2D eigenvalue weighted by Gasteiger charge is 2.44. The van der Waals surface area contributed by atoms with E-state index < -0.39 is 40.9 Å². The maximum atomic E-state index is 14.1. The molecule has 0 radical (unpaired) electrons. The average Bonchev–Trinajstić information content (AvgIpc) is 3.29. The van der Waals surface area contributed by atoms with Gasteiger partial charge in [0, 0.05) is 73.7 Å². The number of nitrogen functional groups attached to an aromatic ring is 1. The van der Waals surface area contributed by atoms with E-state index in [2.05, 4.69) is 38.1 Å². The smallest absolute Gasteiger partial charge is 0.418 e. The zero-order valence-electron chi connectivity index (χ0n) is 27.7. The van der Waals surface area contributed by atoms with E-state index >= 15 is 0 Å². The van der Waals surface area contributed by atoms with Crippen molar-refractivity contribution in [3.05, 3.63) is 57.6 Å². The fourth-order valence-electron chi connectivity index (χ4n) is 7.92. The van der Waals surface area contributed by atoms with Gasteiger partial charge in [0.1, 0.15) is 0 Å². The van der Waals surface area contributed by atoms with Crippen molar-refractivity contribution in [2.45, 2.75) is 68.7 Å². The molecular weight excluding hydrogens is 705 g/mol. The van der Waals surface area contributed by atoms with Gasteiger partial charge in [0.15, 0.2) is 6.10 Å². The van der Waals surface area contributed by atoms with Gasteiger partial charge in [-0.15, -0.1) is 0 Å². The predicted octanol–water partition coefficient (Wildman–Crippen LogP) is 5.10. The summed E-state index contributed by atoms with van der Waals surface area (Å²) in [4.78, 5) is 48.3. The number of likely N-dealkylation sites (N-methyl/N-ethyl adjacent to an activating group) is 1. The van der Waals surface area contributed by atoms with Gasteiger partial charge in [-0.3, -0.25) is 14.5 Å². The SMILES string of the molecule is CN1CCCN(C2CCN(C(=O)[C@@H](Cc3cc(Br)c(N)c(C(F)(F)F)c3)OC(=O)N3CCC4(CC3)CC(=O)Nc3ccccc34)CC2)CC1. The van der Waals surface area contributed by atoms with E-state index in [0.717, 1.165) is 62.8 Å². The molecule has 3 fully saturated rings.